The van der Waals surface area contributed by atoms with Crippen LogP contribution in [0, 0.1) is 0 Å². The first kappa shape index (κ1) is 13.1. The molecule has 4 heteroatoms. The molecule has 0 radical (unpaired) electrons. The van der Waals surface area contributed by atoms with Crippen LogP contribution in [0.2, 0.25) is 0 Å². The minimum Gasteiger partial charge on any atom is -0.247 e. The summed E-state index contributed by atoms with van der Waals surface area (Å²) in [6.07, 6.45) is 1.66. The molecule has 0 spiro atoms. The third kappa shape index (κ3) is 2.09. The molecular weight excluding hydrogens is 292 g/mol. The average Bonchev–Trinajstić information content (AvgIpc) is 2.72. The van der Waals surface area contributed by atoms with E-state index in [2.05, 4.69) is 4.98 Å². The fourth-order valence-corrected chi connectivity index (χ4v) is 3.77. The topological polar surface area (TPSA) is 42.3 Å². The lowest BCUT2D eigenvalue weighted by Gasteiger charge is -2.08. The molecule has 1 unspecified atom stereocenters. The molecule has 1 aliphatic heterocycles. The Hall–Kier alpha value is -2.59. The van der Waals surface area contributed by atoms with Crippen molar-refractivity contribution < 1.29 is 4.21 Å². The number of nitrogens with zero attached hydrogens (tertiary/aromatic N) is 2. The molecule has 0 aliphatic carbocycles. The number of aliphatic imine (C=N–C) groups is 1. The zero-order chi connectivity index (χ0) is 14.9. The number of rotatable bonds is 1. The number of aromatic nitrogens is 1. The van der Waals surface area contributed by atoms with Crippen LogP contribution in [0.15, 0.2) is 87.8 Å². The first-order chi connectivity index (χ1) is 10.8. The van der Waals surface area contributed by atoms with Gasteiger partial charge in [0.05, 0.1) is 16.3 Å². The smallest absolute Gasteiger partial charge is 0.157 e. The second-order valence-corrected chi connectivity index (χ2v) is 6.28. The van der Waals surface area contributed by atoms with Gasteiger partial charge in [0.25, 0.3) is 0 Å². The van der Waals surface area contributed by atoms with Crippen LogP contribution in [-0.4, -0.2) is 14.9 Å². The number of fused-ring (bicyclic) bond motifs is 2. The normalized spacial score (nSPS) is 16.2. The zero-order valence-electron chi connectivity index (χ0n) is 11.6. The lowest BCUT2D eigenvalue weighted by atomic mass is 10.0. The highest BCUT2D eigenvalue weighted by atomic mass is 32.2. The van der Waals surface area contributed by atoms with Gasteiger partial charge in [-0.2, -0.15) is 0 Å². The van der Waals surface area contributed by atoms with Crippen molar-refractivity contribution in [3.05, 3.63) is 84.1 Å². The van der Waals surface area contributed by atoms with E-state index in [-0.39, 0.29) is 0 Å². The first-order valence-electron chi connectivity index (χ1n) is 6.95. The van der Waals surface area contributed by atoms with Crippen molar-refractivity contribution in [1.29, 1.82) is 0 Å². The van der Waals surface area contributed by atoms with Gasteiger partial charge in [-0.1, -0.05) is 48.5 Å². The highest BCUT2D eigenvalue weighted by Gasteiger charge is 2.23. The molecule has 2 heterocycles. The Kier molecular flexibility index (Phi) is 3.16. The van der Waals surface area contributed by atoms with E-state index in [1.165, 1.54) is 0 Å². The van der Waals surface area contributed by atoms with Gasteiger partial charge in [0.15, 0.2) is 5.03 Å². The number of hydrogen-bond donors (Lipinski definition) is 0. The van der Waals surface area contributed by atoms with Crippen molar-refractivity contribution in [2.24, 2.45) is 4.99 Å². The van der Waals surface area contributed by atoms with Gasteiger partial charge in [-0.15, -0.1) is 0 Å². The molecule has 3 nitrogen and oxygen atoms in total. The molecule has 1 aliphatic rings. The van der Waals surface area contributed by atoms with Crippen LogP contribution < -0.4 is 0 Å². The van der Waals surface area contributed by atoms with Crippen molar-refractivity contribution in [2.45, 2.75) is 9.92 Å². The van der Waals surface area contributed by atoms with Crippen LogP contribution in [0.25, 0.3) is 0 Å². The van der Waals surface area contributed by atoms with E-state index in [0.717, 1.165) is 21.7 Å². The van der Waals surface area contributed by atoms with Gasteiger partial charge < -0.3 is 0 Å². The van der Waals surface area contributed by atoms with Gasteiger partial charge in [0, 0.05) is 17.3 Å². The van der Waals surface area contributed by atoms with Crippen LogP contribution >= 0.6 is 0 Å². The van der Waals surface area contributed by atoms with Gasteiger partial charge in [0.2, 0.25) is 0 Å². The second-order valence-electron chi connectivity index (χ2n) is 4.92. The lowest BCUT2D eigenvalue weighted by Crippen LogP contribution is -2.05. The molecule has 0 N–H and O–H groups in total. The van der Waals surface area contributed by atoms with Gasteiger partial charge in [-0.05, 0) is 18.2 Å². The van der Waals surface area contributed by atoms with Crippen LogP contribution in [0.1, 0.15) is 11.1 Å². The number of benzene rings is 2. The molecule has 1 aromatic heterocycles. The van der Waals surface area contributed by atoms with E-state index in [0.29, 0.717) is 10.7 Å². The van der Waals surface area contributed by atoms with Crippen LogP contribution in [-0.2, 0) is 10.8 Å². The van der Waals surface area contributed by atoms with E-state index < -0.39 is 10.8 Å². The highest BCUT2D eigenvalue weighted by molar-refractivity contribution is 7.85. The Labute approximate surface area is 130 Å². The summed E-state index contributed by atoms with van der Waals surface area (Å²) in [4.78, 5) is 9.79. The Morgan fingerprint density at radius 1 is 0.818 bits per heavy atom. The summed E-state index contributed by atoms with van der Waals surface area (Å²) < 4.78 is 12.9. The van der Waals surface area contributed by atoms with Crippen LogP contribution in [0.5, 0.6) is 0 Å². The number of hydrogen-bond acceptors (Lipinski definition) is 3. The van der Waals surface area contributed by atoms with Crippen molar-refractivity contribution in [3.63, 3.8) is 0 Å². The predicted octanol–water partition coefficient (Wildman–Crippen LogP) is 3.73. The van der Waals surface area contributed by atoms with Gasteiger partial charge in [0.1, 0.15) is 10.8 Å². The predicted molar refractivity (Wildman–Crippen MR) is 87.1 cm³/mol. The van der Waals surface area contributed by atoms with E-state index >= 15 is 0 Å². The Bertz CT molecular complexity index is 904. The fourth-order valence-electron chi connectivity index (χ4n) is 2.54. The van der Waals surface area contributed by atoms with Gasteiger partial charge in [-0.3, -0.25) is 0 Å². The third-order valence-electron chi connectivity index (χ3n) is 3.55. The molecule has 0 fully saturated rings. The molecule has 106 valence electrons. The lowest BCUT2D eigenvalue weighted by molar-refractivity contribution is 0.680. The van der Waals surface area contributed by atoms with Crippen molar-refractivity contribution in [2.75, 3.05) is 0 Å². The highest BCUT2D eigenvalue weighted by Crippen LogP contribution is 2.32. The summed E-state index contributed by atoms with van der Waals surface area (Å²) in [7, 11) is -1.33. The molecular formula is C18H12N2OS. The van der Waals surface area contributed by atoms with Crippen molar-refractivity contribution in [1.82, 2.24) is 4.98 Å². The summed E-state index contributed by atoms with van der Waals surface area (Å²) >= 11 is 0. The average molecular weight is 304 g/mol. The summed E-state index contributed by atoms with van der Waals surface area (Å²) in [6, 6.07) is 21.3. The minimum absolute atomic E-state index is 0.515. The molecule has 0 bridgehead atoms. The maximum Gasteiger partial charge on any atom is 0.157 e. The quantitative estimate of drug-likeness (QED) is 0.538. The SMILES string of the molecule is O=S1c2ccccc2C(c2ccccc2)=Nc2cccnc21. The van der Waals surface area contributed by atoms with Gasteiger partial charge >= 0.3 is 0 Å². The van der Waals surface area contributed by atoms with Crippen molar-refractivity contribution in [3.8, 4) is 0 Å². The Morgan fingerprint density at radius 3 is 2.45 bits per heavy atom. The zero-order valence-corrected chi connectivity index (χ0v) is 12.5. The van der Waals surface area contributed by atoms with Crippen LogP contribution in [0.4, 0.5) is 5.69 Å². The van der Waals surface area contributed by atoms with E-state index in [9.17, 15) is 4.21 Å². The van der Waals surface area contributed by atoms with Crippen LogP contribution in [0.3, 0.4) is 0 Å². The van der Waals surface area contributed by atoms with Gasteiger partial charge in [-0.25, -0.2) is 14.2 Å². The maximum atomic E-state index is 12.9. The molecule has 0 amide bonds. The van der Waals surface area contributed by atoms with Crippen molar-refractivity contribution >= 4 is 22.2 Å². The summed E-state index contributed by atoms with van der Waals surface area (Å²) in [6.45, 7) is 0. The molecule has 1 atom stereocenters. The third-order valence-corrected chi connectivity index (χ3v) is 4.97. The molecule has 3 aromatic rings. The molecule has 2 aromatic carbocycles. The fraction of sp³-hybridized carbons (Fsp3) is 0. The number of pyridine rings is 1. The minimum atomic E-state index is -1.33. The monoisotopic (exact) mass is 304 g/mol. The second kappa shape index (κ2) is 5.31. The van der Waals surface area contributed by atoms with E-state index in [1.807, 2.05) is 66.7 Å². The summed E-state index contributed by atoms with van der Waals surface area (Å²) in [5, 5.41) is 0.515. The summed E-state index contributed by atoms with van der Waals surface area (Å²) in [5.41, 5.74) is 3.39. The van der Waals surface area contributed by atoms with E-state index in [1.54, 1.807) is 6.20 Å². The molecule has 0 saturated heterocycles. The maximum absolute atomic E-state index is 12.9. The largest absolute Gasteiger partial charge is 0.247 e. The molecule has 0 saturated carbocycles. The molecule has 4 rings (SSSR count). The van der Waals surface area contributed by atoms with E-state index in [4.69, 9.17) is 4.99 Å². The Balaban J connectivity index is 2.06. The molecule has 22 heavy (non-hydrogen) atoms. The Morgan fingerprint density at radius 2 is 1.59 bits per heavy atom. The summed E-state index contributed by atoms with van der Waals surface area (Å²) in [5.74, 6) is 0. The first-order valence-corrected chi connectivity index (χ1v) is 8.10. The standard InChI is InChI=1S/C18H12N2OS/c21-22-16-11-5-4-9-14(16)17(13-7-2-1-3-8-13)20-15-10-6-12-19-18(15)22/h1-12H.